The molecule has 0 aliphatic rings. The third kappa shape index (κ3) is 4.39. The van der Waals surface area contributed by atoms with Gasteiger partial charge in [-0.05, 0) is 31.4 Å². The molecule has 2 heteroatoms. The van der Waals surface area contributed by atoms with Gasteiger partial charge in [0.05, 0.1) is 7.11 Å². The quantitative estimate of drug-likeness (QED) is 0.816. The molecular formula is C15H25NO. The van der Waals surface area contributed by atoms with Crippen LogP contribution in [0.25, 0.3) is 0 Å². The lowest BCUT2D eigenvalue weighted by atomic mass is 9.98. The normalized spacial score (nSPS) is 12.8. The van der Waals surface area contributed by atoms with Crippen LogP contribution < -0.4 is 10.1 Å². The van der Waals surface area contributed by atoms with Crippen LogP contribution in [-0.2, 0) is 6.54 Å². The summed E-state index contributed by atoms with van der Waals surface area (Å²) in [5.74, 6) is 2.40. The van der Waals surface area contributed by atoms with Gasteiger partial charge >= 0.3 is 0 Å². The Hall–Kier alpha value is -1.02. The Morgan fingerprint density at radius 2 is 1.94 bits per heavy atom. The maximum absolute atomic E-state index is 5.37. The van der Waals surface area contributed by atoms with Crippen molar-refractivity contribution in [1.82, 2.24) is 5.32 Å². The maximum atomic E-state index is 5.37. The number of rotatable bonds is 6. The summed E-state index contributed by atoms with van der Waals surface area (Å²) in [6.45, 7) is 10.8. The second kappa shape index (κ2) is 6.65. The Kier molecular flexibility index (Phi) is 5.49. The summed E-state index contributed by atoms with van der Waals surface area (Å²) in [5, 5.41) is 3.50. The molecule has 0 saturated heterocycles. The number of hydrogen-bond acceptors (Lipinski definition) is 2. The summed E-state index contributed by atoms with van der Waals surface area (Å²) >= 11 is 0. The first-order chi connectivity index (χ1) is 8.04. The first-order valence-electron chi connectivity index (χ1n) is 6.38. The van der Waals surface area contributed by atoms with Crippen LogP contribution in [0, 0.1) is 18.8 Å². The van der Waals surface area contributed by atoms with Gasteiger partial charge < -0.3 is 10.1 Å². The van der Waals surface area contributed by atoms with Crippen molar-refractivity contribution < 1.29 is 4.74 Å². The minimum absolute atomic E-state index is 0.700. The Bertz CT molecular complexity index is 347. The highest BCUT2D eigenvalue weighted by Gasteiger charge is 2.07. The SMILES string of the molecule is COc1ccc(C)cc1CNCC(C)C(C)C. The Labute approximate surface area is 105 Å². The van der Waals surface area contributed by atoms with E-state index in [0.717, 1.165) is 24.8 Å². The van der Waals surface area contributed by atoms with Crippen molar-refractivity contribution in [3.63, 3.8) is 0 Å². The number of methoxy groups -OCH3 is 1. The highest BCUT2D eigenvalue weighted by atomic mass is 16.5. The summed E-state index contributed by atoms with van der Waals surface area (Å²) in [7, 11) is 1.73. The van der Waals surface area contributed by atoms with E-state index in [4.69, 9.17) is 4.74 Å². The Morgan fingerprint density at radius 3 is 2.53 bits per heavy atom. The third-order valence-electron chi connectivity index (χ3n) is 3.36. The van der Waals surface area contributed by atoms with E-state index < -0.39 is 0 Å². The van der Waals surface area contributed by atoms with Crippen LogP contribution in [0.3, 0.4) is 0 Å². The van der Waals surface area contributed by atoms with Crippen LogP contribution in [0.1, 0.15) is 31.9 Å². The van der Waals surface area contributed by atoms with E-state index in [9.17, 15) is 0 Å². The molecule has 0 saturated carbocycles. The van der Waals surface area contributed by atoms with Crippen LogP contribution in [0.2, 0.25) is 0 Å². The van der Waals surface area contributed by atoms with E-state index in [2.05, 4.69) is 45.1 Å². The zero-order valence-corrected chi connectivity index (χ0v) is 11.7. The third-order valence-corrected chi connectivity index (χ3v) is 3.36. The van der Waals surface area contributed by atoms with Crippen molar-refractivity contribution in [2.24, 2.45) is 11.8 Å². The standard InChI is InChI=1S/C15H25NO/c1-11(2)13(4)9-16-10-14-8-12(3)6-7-15(14)17-5/h6-8,11,13,16H,9-10H2,1-5H3. The number of nitrogens with one attached hydrogen (secondary N) is 1. The number of aryl methyl sites for hydroxylation is 1. The first-order valence-corrected chi connectivity index (χ1v) is 6.38. The fraction of sp³-hybridized carbons (Fsp3) is 0.600. The summed E-state index contributed by atoms with van der Waals surface area (Å²) in [6, 6.07) is 6.31. The minimum Gasteiger partial charge on any atom is -0.496 e. The van der Waals surface area contributed by atoms with E-state index in [-0.39, 0.29) is 0 Å². The van der Waals surface area contributed by atoms with Gasteiger partial charge in [0, 0.05) is 12.1 Å². The second-order valence-electron chi connectivity index (χ2n) is 5.17. The molecule has 0 aromatic heterocycles. The molecule has 1 atom stereocenters. The number of benzene rings is 1. The molecule has 1 aromatic carbocycles. The van der Waals surface area contributed by atoms with E-state index in [1.54, 1.807) is 7.11 Å². The summed E-state index contributed by atoms with van der Waals surface area (Å²) < 4.78 is 5.37. The molecule has 1 aromatic rings. The van der Waals surface area contributed by atoms with Gasteiger partial charge in [-0.3, -0.25) is 0 Å². The van der Waals surface area contributed by atoms with Crippen molar-refractivity contribution >= 4 is 0 Å². The van der Waals surface area contributed by atoms with Gasteiger partial charge in [0.15, 0.2) is 0 Å². The van der Waals surface area contributed by atoms with Gasteiger partial charge in [0.25, 0.3) is 0 Å². The molecule has 0 radical (unpaired) electrons. The van der Waals surface area contributed by atoms with E-state index >= 15 is 0 Å². The number of hydrogen-bond donors (Lipinski definition) is 1. The molecule has 0 aliphatic heterocycles. The Balaban J connectivity index is 2.53. The van der Waals surface area contributed by atoms with E-state index in [0.29, 0.717) is 5.92 Å². The largest absolute Gasteiger partial charge is 0.496 e. The lowest BCUT2D eigenvalue weighted by Crippen LogP contribution is -2.24. The second-order valence-corrected chi connectivity index (χ2v) is 5.17. The van der Waals surface area contributed by atoms with Crippen LogP contribution in [0.15, 0.2) is 18.2 Å². The lowest BCUT2D eigenvalue weighted by Gasteiger charge is -2.17. The van der Waals surface area contributed by atoms with E-state index in [1.165, 1.54) is 11.1 Å². The van der Waals surface area contributed by atoms with E-state index in [1.807, 2.05) is 6.07 Å². The fourth-order valence-corrected chi connectivity index (χ4v) is 1.72. The zero-order valence-electron chi connectivity index (χ0n) is 11.7. The van der Waals surface area contributed by atoms with Crippen molar-refractivity contribution in [1.29, 1.82) is 0 Å². The molecule has 2 nitrogen and oxygen atoms in total. The minimum atomic E-state index is 0.700. The molecular weight excluding hydrogens is 210 g/mol. The molecule has 17 heavy (non-hydrogen) atoms. The summed E-state index contributed by atoms with van der Waals surface area (Å²) in [4.78, 5) is 0. The van der Waals surface area contributed by atoms with Gasteiger partial charge in [-0.2, -0.15) is 0 Å². The predicted molar refractivity (Wildman–Crippen MR) is 73.4 cm³/mol. The average molecular weight is 235 g/mol. The number of ether oxygens (including phenoxy) is 1. The van der Waals surface area contributed by atoms with Gasteiger partial charge in [0.2, 0.25) is 0 Å². The van der Waals surface area contributed by atoms with Crippen LogP contribution >= 0.6 is 0 Å². The molecule has 0 heterocycles. The van der Waals surface area contributed by atoms with Crippen molar-refractivity contribution in [3.8, 4) is 5.75 Å². The highest BCUT2D eigenvalue weighted by molar-refractivity contribution is 5.36. The van der Waals surface area contributed by atoms with Crippen LogP contribution in [0.5, 0.6) is 5.75 Å². The van der Waals surface area contributed by atoms with Gasteiger partial charge in [-0.1, -0.05) is 38.5 Å². The molecule has 96 valence electrons. The average Bonchev–Trinajstić information content (AvgIpc) is 2.29. The monoisotopic (exact) mass is 235 g/mol. The van der Waals surface area contributed by atoms with Gasteiger partial charge in [-0.15, -0.1) is 0 Å². The molecule has 1 N–H and O–H groups in total. The van der Waals surface area contributed by atoms with Crippen LogP contribution in [0.4, 0.5) is 0 Å². The predicted octanol–water partition coefficient (Wildman–Crippen LogP) is 3.39. The smallest absolute Gasteiger partial charge is 0.123 e. The molecule has 0 amide bonds. The fourth-order valence-electron chi connectivity index (χ4n) is 1.72. The van der Waals surface area contributed by atoms with Gasteiger partial charge in [0.1, 0.15) is 5.75 Å². The van der Waals surface area contributed by atoms with Gasteiger partial charge in [-0.25, -0.2) is 0 Å². The van der Waals surface area contributed by atoms with Crippen molar-refractivity contribution in [3.05, 3.63) is 29.3 Å². The molecule has 1 unspecified atom stereocenters. The maximum Gasteiger partial charge on any atom is 0.123 e. The molecule has 1 rings (SSSR count). The molecule has 0 spiro atoms. The highest BCUT2D eigenvalue weighted by Crippen LogP contribution is 2.19. The van der Waals surface area contributed by atoms with Crippen LogP contribution in [-0.4, -0.2) is 13.7 Å². The molecule has 0 bridgehead atoms. The first kappa shape index (κ1) is 14.0. The lowest BCUT2D eigenvalue weighted by molar-refractivity contribution is 0.384. The topological polar surface area (TPSA) is 21.3 Å². The van der Waals surface area contributed by atoms with Crippen molar-refractivity contribution in [2.45, 2.75) is 34.2 Å². The molecule has 0 aliphatic carbocycles. The Morgan fingerprint density at radius 1 is 1.24 bits per heavy atom. The summed E-state index contributed by atoms with van der Waals surface area (Å²) in [6.07, 6.45) is 0. The van der Waals surface area contributed by atoms with Crippen molar-refractivity contribution in [2.75, 3.05) is 13.7 Å². The molecule has 0 fully saturated rings. The summed E-state index contributed by atoms with van der Waals surface area (Å²) in [5.41, 5.74) is 2.52. The zero-order chi connectivity index (χ0) is 12.8.